The van der Waals surface area contributed by atoms with Crippen LogP contribution in [0.3, 0.4) is 0 Å². The number of nitroso groups, excluding NO2 is 1. The van der Waals surface area contributed by atoms with Crippen molar-refractivity contribution >= 4 is 21.8 Å². The van der Waals surface area contributed by atoms with Crippen molar-refractivity contribution in [3.05, 3.63) is 32.9 Å². The number of primary amides is 1. The molecule has 0 saturated carbocycles. The van der Waals surface area contributed by atoms with E-state index in [1.807, 2.05) is 0 Å². The summed E-state index contributed by atoms with van der Waals surface area (Å²) in [6.45, 7) is -0.0697. The molecule has 0 aliphatic rings. The summed E-state index contributed by atoms with van der Waals surface area (Å²) in [6, 6.07) is 3.09. The van der Waals surface area contributed by atoms with Crippen LogP contribution in [0.4, 0.5) is 0 Å². The molecule has 13 heavy (non-hydrogen) atoms. The molecule has 0 unspecified atom stereocenters. The molecule has 1 rings (SSSR count). The van der Waals surface area contributed by atoms with Gasteiger partial charge in [0.2, 0.25) is 0 Å². The summed E-state index contributed by atoms with van der Waals surface area (Å²) in [5.41, 5.74) is 5.55. The number of halogens is 1. The summed E-state index contributed by atoms with van der Waals surface area (Å²) < 4.78 is 0.648. The zero-order valence-corrected chi connectivity index (χ0v) is 8.11. The van der Waals surface area contributed by atoms with Crippen LogP contribution in [-0.4, -0.2) is 10.9 Å². The second-order valence-electron chi connectivity index (χ2n) is 2.31. The third-order valence-corrected chi connectivity index (χ3v) is 1.78. The molecule has 1 aromatic heterocycles. The first kappa shape index (κ1) is 9.79. The largest absolute Gasteiger partial charge is 0.364 e. The molecule has 0 radical (unpaired) electrons. The standard InChI is InChI=1S/C7H6BrN3O2/c8-4-1-5(3-10-13)11-6(2-4)7(9)12/h1-2H,3H2,(H2,9,12). The lowest BCUT2D eigenvalue weighted by atomic mass is 10.3. The van der Waals surface area contributed by atoms with Crippen molar-refractivity contribution in [3.8, 4) is 0 Å². The van der Waals surface area contributed by atoms with Gasteiger partial charge < -0.3 is 5.73 Å². The fourth-order valence-corrected chi connectivity index (χ4v) is 1.31. The topological polar surface area (TPSA) is 85.4 Å². The SMILES string of the molecule is NC(=O)c1cc(Br)cc(CN=O)n1. The van der Waals surface area contributed by atoms with E-state index in [9.17, 15) is 9.70 Å². The van der Waals surface area contributed by atoms with Gasteiger partial charge in [0.05, 0.1) is 5.69 Å². The number of carbonyl (C=O) groups excluding carboxylic acids is 1. The Morgan fingerprint density at radius 1 is 1.62 bits per heavy atom. The van der Waals surface area contributed by atoms with Crippen molar-refractivity contribution in [3.63, 3.8) is 0 Å². The van der Waals surface area contributed by atoms with Crippen molar-refractivity contribution < 1.29 is 4.79 Å². The second-order valence-corrected chi connectivity index (χ2v) is 3.23. The highest BCUT2D eigenvalue weighted by atomic mass is 79.9. The first-order valence-electron chi connectivity index (χ1n) is 3.39. The van der Waals surface area contributed by atoms with E-state index < -0.39 is 5.91 Å². The molecule has 1 heterocycles. The molecule has 0 saturated heterocycles. The molecule has 1 amide bonds. The number of pyridine rings is 1. The highest BCUT2D eigenvalue weighted by molar-refractivity contribution is 9.10. The van der Waals surface area contributed by atoms with E-state index in [-0.39, 0.29) is 12.2 Å². The maximum atomic E-state index is 10.7. The van der Waals surface area contributed by atoms with Gasteiger partial charge in [0.1, 0.15) is 12.2 Å². The van der Waals surface area contributed by atoms with Crippen LogP contribution in [0.15, 0.2) is 21.8 Å². The summed E-state index contributed by atoms with van der Waals surface area (Å²) in [6.07, 6.45) is 0. The number of nitrogens with two attached hydrogens (primary N) is 1. The van der Waals surface area contributed by atoms with Crippen LogP contribution in [0.1, 0.15) is 16.2 Å². The fraction of sp³-hybridized carbons (Fsp3) is 0.143. The number of amides is 1. The van der Waals surface area contributed by atoms with Crippen LogP contribution in [0.2, 0.25) is 0 Å². The minimum absolute atomic E-state index is 0.0697. The molecule has 0 aliphatic carbocycles. The Morgan fingerprint density at radius 3 is 2.85 bits per heavy atom. The van der Waals surface area contributed by atoms with Gasteiger partial charge in [-0.2, -0.15) is 4.91 Å². The van der Waals surface area contributed by atoms with Gasteiger partial charge in [-0.15, -0.1) is 0 Å². The normalized spacial score (nSPS) is 9.62. The number of rotatable bonds is 3. The second kappa shape index (κ2) is 4.08. The van der Waals surface area contributed by atoms with Crippen LogP contribution in [0.25, 0.3) is 0 Å². The molecule has 5 nitrogen and oxygen atoms in total. The summed E-state index contributed by atoms with van der Waals surface area (Å²) in [7, 11) is 0. The van der Waals surface area contributed by atoms with Gasteiger partial charge in [-0.25, -0.2) is 4.98 Å². The van der Waals surface area contributed by atoms with Crippen LogP contribution in [0.5, 0.6) is 0 Å². The van der Waals surface area contributed by atoms with Gasteiger partial charge in [-0.3, -0.25) is 4.79 Å². The molecule has 0 bridgehead atoms. The van der Waals surface area contributed by atoms with Crippen LogP contribution < -0.4 is 5.73 Å². The summed E-state index contributed by atoms with van der Waals surface area (Å²) >= 11 is 3.16. The number of aromatic nitrogens is 1. The van der Waals surface area contributed by atoms with Crippen molar-refractivity contribution in [2.24, 2.45) is 10.9 Å². The van der Waals surface area contributed by atoms with Gasteiger partial charge in [0.25, 0.3) is 5.91 Å². The monoisotopic (exact) mass is 243 g/mol. The van der Waals surface area contributed by atoms with Gasteiger partial charge in [0.15, 0.2) is 0 Å². The zero-order valence-electron chi connectivity index (χ0n) is 6.53. The fourth-order valence-electron chi connectivity index (χ4n) is 0.824. The molecule has 1 aromatic rings. The molecule has 68 valence electrons. The Balaban J connectivity index is 3.10. The Morgan fingerprint density at radius 2 is 2.31 bits per heavy atom. The van der Waals surface area contributed by atoms with E-state index in [4.69, 9.17) is 5.73 Å². The smallest absolute Gasteiger partial charge is 0.267 e. The average molecular weight is 244 g/mol. The molecule has 6 heteroatoms. The van der Waals surface area contributed by atoms with Crippen LogP contribution in [-0.2, 0) is 6.54 Å². The first-order valence-corrected chi connectivity index (χ1v) is 4.18. The Labute approximate surface area is 82.4 Å². The molecule has 0 aliphatic heterocycles. The maximum Gasteiger partial charge on any atom is 0.267 e. The lowest BCUT2D eigenvalue weighted by Gasteiger charge is -1.99. The molecular formula is C7H6BrN3O2. The van der Waals surface area contributed by atoms with E-state index in [1.165, 1.54) is 6.07 Å². The molecule has 0 aromatic carbocycles. The van der Waals surface area contributed by atoms with Crippen molar-refractivity contribution in [1.82, 2.24) is 4.98 Å². The highest BCUT2D eigenvalue weighted by Gasteiger charge is 2.05. The summed E-state index contributed by atoms with van der Waals surface area (Å²) in [5.74, 6) is -0.631. The molecule has 0 fully saturated rings. The average Bonchev–Trinajstić information content (AvgIpc) is 2.03. The summed E-state index contributed by atoms with van der Waals surface area (Å²) in [5, 5.41) is 2.66. The number of hydrogen-bond acceptors (Lipinski definition) is 4. The Bertz CT molecular complexity index is 354. The number of nitrogens with zero attached hydrogens (tertiary/aromatic N) is 2. The lowest BCUT2D eigenvalue weighted by molar-refractivity contribution is 0.0995. The van der Waals surface area contributed by atoms with Crippen LogP contribution >= 0.6 is 15.9 Å². The van der Waals surface area contributed by atoms with Gasteiger partial charge in [-0.1, -0.05) is 21.1 Å². The molecule has 0 atom stereocenters. The van der Waals surface area contributed by atoms with Gasteiger partial charge >= 0.3 is 0 Å². The van der Waals surface area contributed by atoms with E-state index in [2.05, 4.69) is 26.1 Å². The molecule has 0 spiro atoms. The lowest BCUT2D eigenvalue weighted by Crippen LogP contribution is -2.13. The predicted molar refractivity (Wildman–Crippen MR) is 50.0 cm³/mol. The maximum absolute atomic E-state index is 10.7. The minimum Gasteiger partial charge on any atom is -0.364 e. The van der Waals surface area contributed by atoms with E-state index in [0.717, 1.165) is 0 Å². The predicted octanol–water partition coefficient (Wildman–Crippen LogP) is 1.21. The van der Waals surface area contributed by atoms with Gasteiger partial charge in [-0.05, 0) is 12.1 Å². The third kappa shape index (κ3) is 2.59. The molecular weight excluding hydrogens is 238 g/mol. The van der Waals surface area contributed by atoms with E-state index >= 15 is 0 Å². The van der Waals surface area contributed by atoms with Crippen LogP contribution in [0, 0.1) is 4.91 Å². The zero-order chi connectivity index (χ0) is 9.84. The number of hydrogen-bond donors (Lipinski definition) is 1. The van der Waals surface area contributed by atoms with Crippen molar-refractivity contribution in [1.29, 1.82) is 0 Å². The quantitative estimate of drug-likeness (QED) is 0.810. The third-order valence-electron chi connectivity index (χ3n) is 1.32. The first-order chi connectivity index (χ1) is 6.13. The Kier molecular flexibility index (Phi) is 3.07. The minimum atomic E-state index is -0.631. The van der Waals surface area contributed by atoms with Crippen molar-refractivity contribution in [2.75, 3.05) is 0 Å². The Hall–Kier alpha value is -1.30. The number of carbonyl (C=O) groups is 1. The molecule has 2 N–H and O–H groups in total. The van der Waals surface area contributed by atoms with E-state index in [1.54, 1.807) is 6.07 Å². The highest BCUT2D eigenvalue weighted by Crippen LogP contribution is 2.13. The van der Waals surface area contributed by atoms with Crippen molar-refractivity contribution in [2.45, 2.75) is 6.54 Å². The van der Waals surface area contributed by atoms with Gasteiger partial charge in [0, 0.05) is 4.47 Å². The summed E-state index contributed by atoms with van der Waals surface area (Å²) in [4.78, 5) is 24.5. The van der Waals surface area contributed by atoms with E-state index in [0.29, 0.717) is 10.2 Å².